The molecule has 3 aromatic rings. The van der Waals surface area contributed by atoms with Crippen LogP contribution in [0.15, 0.2) is 36.7 Å². The van der Waals surface area contributed by atoms with Gasteiger partial charge < -0.3 is 10.6 Å². The molecule has 0 radical (unpaired) electrons. The van der Waals surface area contributed by atoms with Crippen LogP contribution in [0.3, 0.4) is 0 Å². The standard InChI is InChI=1S/C20H23N5O/c1-12-13(2)23-18-7-5-4-6-15(18)19(12)25-10-16(17(11-25)20(21)26)14-8-22-24(3)9-14/h4-9,16-17H,10-11H2,1-3H3,(H2,21,26)/t16-,17+/m1/s1. The summed E-state index contributed by atoms with van der Waals surface area (Å²) in [5.41, 5.74) is 11.1. The zero-order chi connectivity index (χ0) is 18.4. The second-order valence-electron chi connectivity index (χ2n) is 7.16. The lowest BCUT2D eigenvalue weighted by atomic mass is 9.90. The van der Waals surface area contributed by atoms with E-state index in [-0.39, 0.29) is 17.7 Å². The molecule has 0 saturated carbocycles. The Bertz CT molecular complexity index is 993. The highest BCUT2D eigenvalue weighted by Gasteiger charge is 2.39. The fourth-order valence-electron chi connectivity index (χ4n) is 4.06. The molecule has 1 saturated heterocycles. The first-order valence-electron chi connectivity index (χ1n) is 8.84. The molecule has 0 unspecified atom stereocenters. The molecule has 2 atom stereocenters. The number of para-hydroxylation sites is 1. The molecule has 0 bridgehead atoms. The van der Waals surface area contributed by atoms with Crippen LogP contribution in [-0.4, -0.2) is 33.8 Å². The third kappa shape index (κ3) is 2.62. The third-order valence-corrected chi connectivity index (χ3v) is 5.50. The Morgan fingerprint density at radius 1 is 1.23 bits per heavy atom. The summed E-state index contributed by atoms with van der Waals surface area (Å²) in [6.45, 7) is 5.49. The van der Waals surface area contributed by atoms with Gasteiger partial charge in [0.25, 0.3) is 0 Å². The Hall–Kier alpha value is -2.89. The molecule has 1 aromatic carbocycles. The maximum Gasteiger partial charge on any atom is 0.223 e. The van der Waals surface area contributed by atoms with E-state index >= 15 is 0 Å². The first-order valence-corrected chi connectivity index (χ1v) is 8.84. The van der Waals surface area contributed by atoms with Gasteiger partial charge in [0.15, 0.2) is 0 Å². The molecule has 1 amide bonds. The number of aromatic nitrogens is 3. The summed E-state index contributed by atoms with van der Waals surface area (Å²) < 4.78 is 1.77. The van der Waals surface area contributed by atoms with Gasteiger partial charge in [0.2, 0.25) is 5.91 Å². The number of amides is 1. The van der Waals surface area contributed by atoms with Crippen LogP contribution in [0.2, 0.25) is 0 Å². The maximum absolute atomic E-state index is 12.1. The van der Waals surface area contributed by atoms with Crippen LogP contribution < -0.4 is 10.6 Å². The Morgan fingerprint density at radius 2 is 2.00 bits per heavy atom. The van der Waals surface area contributed by atoms with E-state index in [1.54, 1.807) is 4.68 Å². The number of hydrogen-bond donors (Lipinski definition) is 1. The number of benzene rings is 1. The van der Waals surface area contributed by atoms with Crippen molar-refractivity contribution in [1.82, 2.24) is 14.8 Å². The molecule has 0 aliphatic carbocycles. The van der Waals surface area contributed by atoms with Crippen molar-refractivity contribution in [3.63, 3.8) is 0 Å². The minimum Gasteiger partial charge on any atom is -0.369 e. The number of rotatable bonds is 3. The fourth-order valence-corrected chi connectivity index (χ4v) is 4.06. The number of primary amides is 1. The number of carbonyl (C=O) groups excluding carboxylic acids is 1. The molecule has 1 aliphatic rings. The van der Waals surface area contributed by atoms with Crippen molar-refractivity contribution in [3.05, 3.63) is 53.5 Å². The van der Waals surface area contributed by atoms with Gasteiger partial charge in [-0.05, 0) is 31.0 Å². The van der Waals surface area contributed by atoms with E-state index in [1.807, 2.05) is 44.6 Å². The van der Waals surface area contributed by atoms with E-state index < -0.39 is 0 Å². The Labute approximate surface area is 152 Å². The molecule has 1 fully saturated rings. The molecule has 6 nitrogen and oxygen atoms in total. The van der Waals surface area contributed by atoms with E-state index in [0.717, 1.165) is 40.0 Å². The average molecular weight is 349 g/mol. The number of anilines is 1. The fraction of sp³-hybridized carbons (Fsp3) is 0.350. The SMILES string of the molecule is Cc1nc2ccccc2c(N2C[C@H](C(N)=O)[C@@H](c3cnn(C)c3)C2)c1C. The van der Waals surface area contributed by atoms with Gasteiger partial charge in [0, 0.05) is 43.3 Å². The molecule has 3 heterocycles. The number of nitrogens with two attached hydrogens (primary N) is 1. The number of pyridine rings is 1. The summed E-state index contributed by atoms with van der Waals surface area (Å²) in [4.78, 5) is 19.1. The van der Waals surface area contributed by atoms with Crippen LogP contribution in [0.5, 0.6) is 0 Å². The molecular weight excluding hydrogens is 326 g/mol. The second kappa shape index (κ2) is 6.12. The smallest absolute Gasteiger partial charge is 0.223 e. The van der Waals surface area contributed by atoms with Crippen LogP contribution in [0, 0.1) is 19.8 Å². The minimum atomic E-state index is -0.255. The van der Waals surface area contributed by atoms with Gasteiger partial charge in [-0.2, -0.15) is 5.10 Å². The van der Waals surface area contributed by atoms with Gasteiger partial charge >= 0.3 is 0 Å². The van der Waals surface area contributed by atoms with Crippen molar-refractivity contribution >= 4 is 22.5 Å². The lowest BCUT2D eigenvalue weighted by Crippen LogP contribution is -2.29. The molecular formula is C20H23N5O. The number of fused-ring (bicyclic) bond motifs is 1. The highest BCUT2D eigenvalue weighted by atomic mass is 16.1. The van der Waals surface area contributed by atoms with Crippen molar-refractivity contribution in [2.45, 2.75) is 19.8 Å². The lowest BCUT2D eigenvalue weighted by Gasteiger charge is -2.24. The summed E-state index contributed by atoms with van der Waals surface area (Å²) in [6, 6.07) is 8.16. The van der Waals surface area contributed by atoms with Crippen molar-refractivity contribution in [2.24, 2.45) is 18.7 Å². The predicted molar refractivity (Wildman–Crippen MR) is 102 cm³/mol. The van der Waals surface area contributed by atoms with Crippen molar-refractivity contribution in [2.75, 3.05) is 18.0 Å². The molecule has 4 rings (SSSR count). The maximum atomic E-state index is 12.1. The highest BCUT2D eigenvalue weighted by Crippen LogP contribution is 2.39. The molecule has 2 aromatic heterocycles. The van der Waals surface area contributed by atoms with E-state index in [2.05, 4.69) is 23.0 Å². The summed E-state index contributed by atoms with van der Waals surface area (Å²) in [7, 11) is 1.89. The predicted octanol–water partition coefficient (Wildman–Crippen LogP) is 2.29. The van der Waals surface area contributed by atoms with Crippen LogP contribution >= 0.6 is 0 Å². The topological polar surface area (TPSA) is 77.0 Å². The second-order valence-corrected chi connectivity index (χ2v) is 7.16. The van der Waals surface area contributed by atoms with Gasteiger partial charge in [-0.1, -0.05) is 18.2 Å². The quantitative estimate of drug-likeness (QED) is 0.787. The monoisotopic (exact) mass is 349 g/mol. The van der Waals surface area contributed by atoms with E-state index in [0.29, 0.717) is 6.54 Å². The Morgan fingerprint density at radius 3 is 2.69 bits per heavy atom. The normalized spacial score (nSPS) is 20.0. The van der Waals surface area contributed by atoms with Gasteiger partial charge in [-0.3, -0.25) is 14.5 Å². The summed E-state index contributed by atoms with van der Waals surface area (Å²) in [6.07, 6.45) is 3.82. The van der Waals surface area contributed by atoms with Crippen LogP contribution in [0.25, 0.3) is 10.9 Å². The van der Waals surface area contributed by atoms with Gasteiger partial charge in [0.05, 0.1) is 23.3 Å². The summed E-state index contributed by atoms with van der Waals surface area (Å²) >= 11 is 0. The van der Waals surface area contributed by atoms with Gasteiger partial charge in [-0.15, -0.1) is 0 Å². The summed E-state index contributed by atoms with van der Waals surface area (Å²) in [5, 5.41) is 5.39. The Kier molecular flexibility index (Phi) is 3.90. The van der Waals surface area contributed by atoms with Crippen LogP contribution in [0.4, 0.5) is 5.69 Å². The molecule has 26 heavy (non-hydrogen) atoms. The number of carbonyl (C=O) groups is 1. The zero-order valence-corrected chi connectivity index (χ0v) is 15.3. The molecule has 1 aliphatic heterocycles. The number of aryl methyl sites for hydroxylation is 2. The number of nitrogens with zero attached hydrogens (tertiary/aromatic N) is 4. The zero-order valence-electron chi connectivity index (χ0n) is 15.3. The summed E-state index contributed by atoms with van der Waals surface area (Å²) in [5.74, 6) is -0.437. The first kappa shape index (κ1) is 16.6. The molecule has 6 heteroatoms. The van der Waals surface area contributed by atoms with Crippen molar-refractivity contribution < 1.29 is 4.79 Å². The Balaban J connectivity index is 1.81. The molecule has 0 spiro atoms. The third-order valence-electron chi connectivity index (χ3n) is 5.50. The number of hydrogen-bond acceptors (Lipinski definition) is 4. The van der Waals surface area contributed by atoms with Crippen molar-refractivity contribution in [1.29, 1.82) is 0 Å². The van der Waals surface area contributed by atoms with Gasteiger partial charge in [-0.25, -0.2) is 0 Å². The van der Waals surface area contributed by atoms with E-state index in [4.69, 9.17) is 10.7 Å². The van der Waals surface area contributed by atoms with Crippen LogP contribution in [-0.2, 0) is 11.8 Å². The van der Waals surface area contributed by atoms with Gasteiger partial charge in [0.1, 0.15) is 0 Å². The minimum absolute atomic E-state index is 0.0489. The van der Waals surface area contributed by atoms with E-state index in [1.165, 1.54) is 0 Å². The van der Waals surface area contributed by atoms with E-state index in [9.17, 15) is 4.79 Å². The highest BCUT2D eigenvalue weighted by molar-refractivity contribution is 5.94. The van der Waals surface area contributed by atoms with Crippen molar-refractivity contribution in [3.8, 4) is 0 Å². The van der Waals surface area contributed by atoms with Crippen LogP contribution in [0.1, 0.15) is 22.7 Å². The first-order chi connectivity index (χ1) is 12.5. The molecule has 134 valence electrons. The molecule has 2 N–H and O–H groups in total. The largest absolute Gasteiger partial charge is 0.369 e. The average Bonchev–Trinajstić information content (AvgIpc) is 3.22. The lowest BCUT2D eigenvalue weighted by molar-refractivity contribution is -0.121.